The topological polar surface area (TPSA) is 52.4 Å². The van der Waals surface area contributed by atoms with Crippen molar-refractivity contribution in [1.29, 1.82) is 0 Å². The molecule has 0 saturated heterocycles. The predicted octanol–water partition coefficient (Wildman–Crippen LogP) is 14.4. The molecule has 54 heavy (non-hydrogen) atoms. The summed E-state index contributed by atoms with van der Waals surface area (Å²) >= 11 is 15.3. The van der Waals surface area contributed by atoms with Crippen LogP contribution < -0.4 is 4.74 Å². The summed E-state index contributed by atoms with van der Waals surface area (Å²) in [6.07, 6.45) is 12.2. The van der Waals surface area contributed by atoms with Crippen LogP contribution in [-0.4, -0.2) is 22.4 Å². The summed E-state index contributed by atoms with van der Waals surface area (Å²) < 4.78 is 5.90. The summed E-state index contributed by atoms with van der Waals surface area (Å²) in [5.41, 5.74) is 3.66. The number of nitrogens with zero attached hydrogens (tertiary/aromatic N) is 1. The van der Waals surface area contributed by atoms with Gasteiger partial charge >= 0.3 is 5.69 Å². The largest absolute Gasteiger partial charge is 0.475 e. The van der Waals surface area contributed by atoms with Gasteiger partial charge in [-0.1, -0.05) is 91.3 Å². The summed E-state index contributed by atoms with van der Waals surface area (Å²) in [5, 5.41) is 12.0. The number of ether oxygens (including phenoxy) is 1. The van der Waals surface area contributed by atoms with E-state index in [-0.39, 0.29) is 22.3 Å². The summed E-state index contributed by atoms with van der Waals surface area (Å²) in [6.45, 7) is 0. The van der Waals surface area contributed by atoms with Gasteiger partial charge in [0.1, 0.15) is 5.94 Å². The van der Waals surface area contributed by atoms with Gasteiger partial charge in [0.2, 0.25) is 0 Å². The van der Waals surface area contributed by atoms with Gasteiger partial charge in [0.05, 0.1) is 4.92 Å². The monoisotopic (exact) mass is 831 g/mol. The van der Waals surface area contributed by atoms with Gasteiger partial charge in [0.25, 0.3) is 0 Å². The van der Waals surface area contributed by atoms with Gasteiger partial charge in [-0.15, -0.1) is 11.8 Å². The van der Waals surface area contributed by atoms with Crippen LogP contribution in [0.2, 0.25) is 0 Å². The molecule has 0 unspecified atom stereocenters. The van der Waals surface area contributed by atoms with Gasteiger partial charge in [-0.05, 0) is 146 Å². The molecule has 0 atom stereocenters. The average Bonchev–Trinajstić information content (AvgIpc) is 3.19. The van der Waals surface area contributed by atoms with Crippen LogP contribution in [0.3, 0.4) is 0 Å². The molecular formula is C44H49NO3S6. The molecule has 0 spiro atoms. The zero-order valence-corrected chi connectivity index (χ0v) is 35.6. The lowest BCUT2D eigenvalue weighted by Crippen LogP contribution is -1.99. The molecule has 0 bridgehead atoms. The molecule has 284 valence electrons. The maximum Gasteiger partial charge on any atom is 0.311 e. The first-order valence-corrected chi connectivity index (χ1v) is 23.5. The van der Waals surface area contributed by atoms with Crippen LogP contribution in [0.4, 0.5) is 5.69 Å². The normalized spacial score (nSPS) is 11.1. The fourth-order valence-corrected chi connectivity index (χ4v) is 9.33. The van der Waals surface area contributed by atoms with E-state index in [2.05, 4.69) is 122 Å². The van der Waals surface area contributed by atoms with Crippen LogP contribution in [0.25, 0.3) is 0 Å². The van der Waals surface area contributed by atoms with Gasteiger partial charge in [0.15, 0.2) is 5.75 Å². The number of nitro benzene ring substituents is 1. The predicted molar refractivity (Wildman–Crippen MR) is 240 cm³/mol. The van der Waals surface area contributed by atoms with Crippen molar-refractivity contribution in [2.24, 2.45) is 0 Å². The second-order valence-corrected chi connectivity index (χ2v) is 18.2. The third-order valence-corrected chi connectivity index (χ3v) is 13.4. The Hall–Kier alpha value is -2.60. The number of aryl methyl sites for hydroxylation is 2. The Morgan fingerprint density at radius 2 is 0.907 bits per heavy atom. The number of hydrogen-bond acceptors (Lipinski definition) is 9. The molecule has 0 heterocycles. The highest BCUT2D eigenvalue weighted by Crippen LogP contribution is 2.35. The van der Waals surface area contributed by atoms with Crippen LogP contribution >= 0.6 is 72.3 Å². The summed E-state index contributed by atoms with van der Waals surface area (Å²) in [6, 6.07) is 39.9. The minimum absolute atomic E-state index is 0.00812. The molecule has 5 rings (SSSR count). The Morgan fingerprint density at radius 1 is 0.500 bits per heavy atom. The molecule has 0 aliphatic heterocycles. The van der Waals surface area contributed by atoms with E-state index in [1.165, 1.54) is 93.8 Å². The molecule has 0 saturated carbocycles. The first-order chi connectivity index (χ1) is 26.5. The number of thioether (sulfide) groups is 2. The molecule has 0 fully saturated rings. The maximum atomic E-state index is 12.0. The number of unbranched alkanes of at least 4 members (excludes halogenated alkanes) is 6. The van der Waals surface area contributed by atoms with E-state index < -0.39 is 0 Å². The van der Waals surface area contributed by atoms with E-state index in [9.17, 15) is 10.1 Å². The van der Waals surface area contributed by atoms with Crippen LogP contribution in [0, 0.1) is 10.1 Å². The highest BCUT2D eigenvalue weighted by Gasteiger charge is 2.16. The Balaban J connectivity index is 1.03. The lowest BCUT2D eigenvalue weighted by molar-refractivity contribution is -0.385. The molecule has 5 aromatic rings. The zero-order valence-electron chi connectivity index (χ0n) is 30.6. The number of nitro groups is 1. The minimum Gasteiger partial charge on any atom is -0.475 e. The summed E-state index contributed by atoms with van der Waals surface area (Å²) in [7, 11) is 0. The second-order valence-electron chi connectivity index (χ2n) is 13.0. The molecular weight excluding hydrogens is 783 g/mol. The molecule has 0 aliphatic rings. The lowest BCUT2D eigenvalue weighted by Gasteiger charge is -2.09. The Kier molecular flexibility index (Phi) is 19.0. The van der Waals surface area contributed by atoms with E-state index in [0.29, 0.717) is 5.75 Å². The van der Waals surface area contributed by atoms with Crippen molar-refractivity contribution in [2.75, 3.05) is 17.4 Å². The molecule has 4 nitrogen and oxygen atoms in total. The van der Waals surface area contributed by atoms with Crippen LogP contribution in [0.5, 0.6) is 5.75 Å². The number of rotatable bonds is 24. The number of thiol groups is 2. The second kappa shape index (κ2) is 24.1. The first-order valence-electron chi connectivity index (χ1n) is 18.6. The zero-order chi connectivity index (χ0) is 37.8. The van der Waals surface area contributed by atoms with Gasteiger partial charge in [-0.25, -0.2) is 0 Å². The summed E-state index contributed by atoms with van der Waals surface area (Å²) in [5.74, 6) is 3.15. The highest BCUT2D eigenvalue weighted by molar-refractivity contribution is 8.00. The van der Waals surface area contributed by atoms with E-state index in [1.54, 1.807) is 47.4 Å². The minimum atomic E-state index is -0.360. The maximum absolute atomic E-state index is 12.0. The number of hydrogen-bond donors (Lipinski definition) is 2. The molecule has 0 amide bonds. The van der Waals surface area contributed by atoms with Crippen molar-refractivity contribution >= 4 is 78.0 Å². The fraction of sp³-hybridized carbons (Fsp3) is 0.318. The molecule has 0 aliphatic carbocycles. The fourth-order valence-electron chi connectivity index (χ4n) is 5.76. The average molecular weight is 832 g/mol. The van der Waals surface area contributed by atoms with Crippen LogP contribution in [0.15, 0.2) is 145 Å². The Bertz CT molecular complexity index is 1840. The Morgan fingerprint density at radius 3 is 1.37 bits per heavy atom. The van der Waals surface area contributed by atoms with Crippen LogP contribution in [0.1, 0.15) is 68.1 Å². The van der Waals surface area contributed by atoms with Gasteiger partial charge < -0.3 is 4.74 Å². The SMILES string of the molecule is O=[N+]([O-])c1cc(CSc2ccc(Sc3ccc(CCCCCCS)cc3)cc2)ccc1OCSc1ccc(Sc2ccc(CCCCCCS)cc2)cc1. The van der Waals surface area contributed by atoms with Gasteiger partial charge in [0, 0.05) is 41.2 Å². The van der Waals surface area contributed by atoms with E-state index in [0.717, 1.165) is 39.7 Å². The molecule has 0 aromatic heterocycles. The Labute approximate surface area is 349 Å². The molecule has 0 N–H and O–H groups in total. The smallest absolute Gasteiger partial charge is 0.311 e. The van der Waals surface area contributed by atoms with E-state index in [4.69, 9.17) is 4.74 Å². The summed E-state index contributed by atoms with van der Waals surface area (Å²) in [4.78, 5) is 18.6. The molecule has 0 radical (unpaired) electrons. The van der Waals surface area contributed by atoms with Crippen molar-refractivity contribution in [1.82, 2.24) is 0 Å². The van der Waals surface area contributed by atoms with Crippen molar-refractivity contribution < 1.29 is 9.66 Å². The quantitative estimate of drug-likeness (QED) is 0.0160. The third kappa shape index (κ3) is 15.1. The number of benzene rings is 5. The van der Waals surface area contributed by atoms with E-state index >= 15 is 0 Å². The lowest BCUT2D eigenvalue weighted by atomic mass is 10.1. The van der Waals surface area contributed by atoms with E-state index in [1.807, 2.05) is 6.07 Å². The third-order valence-electron chi connectivity index (χ3n) is 8.78. The van der Waals surface area contributed by atoms with Crippen molar-refractivity contribution in [3.63, 3.8) is 0 Å². The van der Waals surface area contributed by atoms with Crippen LogP contribution in [-0.2, 0) is 18.6 Å². The molecule has 10 heteroatoms. The standard InChI is InChI=1S/C44H49NO3S6/c46-45(47)43-31-36(32-51-37-20-24-41(25-21-37)53-39-16-11-34(12-17-39)9-5-1-3-7-29-49)15-28-44(43)48-33-52-38-22-26-42(27-23-38)54-40-18-13-35(14-19-40)10-6-2-4-8-30-50/h11-28,31,49-50H,1-10,29-30,32-33H2. The highest BCUT2D eigenvalue weighted by atomic mass is 32.2. The molecule has 5 aromatic carbocycles. The first kappa shape index (κ1) is 42.5. The van der Waals surface area contributed by atoms with Gasteiger partial charge in [-0.3, -0.25) is 10.1 Å². The van der Waals surface area contributed by atoms with Crippen molar-refractivity contribution in [3.05, 3.63) is 142 Å². The van der Waals surface area contributed by atoms with Gasteiger partial charge in [-0.2, -0.15) is 25.3 Å². The van der Waals surface area contributed by atoms with Crippen molar-refractivity contribution in [3.8, 4) is 5.75 Å². The van der Waals surface area contributed by atoms with Crippen molar-refractivity contribution in [2.45, 2.75) is 99.3 Å².